The number of rotatable bonds is 6. The lowest BCUT2D eigenvalue weighted by Gasteiger charge is -2.16. The summed E-state index contributed by atoms with van der Waals surface area (Å²) in [7, 11) is 0. The van der Waals surface area contributed by atoms with Crippen LogP contribution in [0.3, 0.4) is 0 Å². The van der Waals surface area contributed by atoms with Crippen molar-refractivity contribution in [1.29, 1.82) is 0 Å². The van der Waals surface area contributed by atoms with E-state index >= 15 is 0 Å². The highest BCUT2D eigenvalue weighted by Gasteiger charge is 2.16. The van der Waals surface area contributed by atoms with Gasteiger partial charge in [-0.25, -0.2) is 0 Å². The first-order valence-corrected chi connectivity index (χ1v) is 7.96. The lowest BCUT2D eigenvalue weighted by Crippen LogP contribution is -2.26. The third-order valence-electron chi connectivity index (χ3n) is 3.64. The fraction of sp³-hybridized carbons (Fsp3) is 0.562. The molecule has 0 amide bonds. The van der Waals surface area contributed by atoms with Crippen molar-refractivity contribution >= 4 is 17.3 Å². The Morgan fingerprint density at radius 1 is 1.33 bits per heavy atom. The zero-order valence-corrected chi connectivity index (χ0v) is 13.5. The van der Waals surface area contributed by atoms with E-state index in [9.17, 15) is 0 Å². The molecule has 0 aliphatic carbocycles. The molecule has 116 valence electrons. The first-order valence-electron chi connectivity index (χ1n) is 7.58. The molecule has 1 aromatic carbocycles. The second-order valence-corrected chi connectivity index (χ2v) is 5.43. The summed E-state index contributed by atoms with van der Waals surface area (Å²) in [5.74, 6) is 0.836. The maximum Gasteiger partial charge on any atom is 0.129 e. The van der Waals surface area contributed by atoms with Crippen LogP contribution in [-0.2, 0) is 4.84 Å². The van der Waals surface area contributed by atoms with E-state index in [1.54, 1.807) is 0 Å². The molecular formula is C16H23ClN2O2. The monoisotopic (exact) mass is 310 g/mol. The van der Waals surface area contributed by atoms with Crippen LogP contribution in [0, 0.1) is 0 Å². The van der Waals surface area contributed by atoms with Crippen molar-refractivity contribution in [1.82, 2.24) is 4.90 Å². The average Bonchev–Trinajstić information content (AvgIpc) is 2.69. The van der Waals surface area contributed by atoms with Gasteiger partial charge in [-0.3, -0.25) is 0 Å². The molecule has 1 aliphatic rings. The largest absolute Gasteiger partial charge is 0.493 e. The quantitative estimate of drug-likeness (QED) is 0.595. The van der Waals surface area contributed by atoms with E-state index in [-0.39, 0.29) is 0 Å². The number of likely N-dealkylation sites (N-methyl/N-ethyl adjacent to an activating group) is 1. The number of halogens is 1. The van der Waals surface area contributed by atoms with E-state index in [1.807, 2.05) is 18.2 Å². The summed E-state index contributed by atoms with van der Waals surface area (Å²) in [6, 6.07) is 5.63. The van der Waals surface area contributed by atoms with Crippen molar-refractivity contribution in [3.05, 3.63) is 28.8 Å². The number of oxime groups is 1. The maximum atomic E-state index is 6.08. The van der Waals surface area contributed by atoms with Crippen LogP contribution in [0.5, 0.6) is 5.75 Å². The van der Waals surface area contributed by atoms with Crippen LogP contribution in [0.1, 0.15) is 32.3 Å². The van der Waals surface area contributed by atoms with E-state index in [0.717, 1.165) is 49.5 Å². The molecule has 5 heteroatoms. The van der Waals surface area contributed by atoms with Crippen molar-refractivity contribution in [3.63, 3.8) is 0 Å². The first-order chi connectivity index (χ1) is 10.2. The molecule has 2 rings (SSSR count). The summed E-state index contributed by atoms with van der Waals surface area (Å²) in [6.45, 7) is 8.55. The predicted octanol–water partition coefficient (Wildman–Crippen LogP) is 3.58. The lowest BCUT2D eigenvalue weighted by molar-refractivity contribution is 0.114. The smallest absolute Gasteiger partial charge is 0.129 e. The molecule has 1 aromatic rings. The van der Waals surface area contributed by atoms with Gasteiger partial charge in [0.1, 0.15) is 12.4 Å². The minimum absolute atomic E-state index is 0.599. The molecule has 4 nitrogen and oxygen atoms in total. The number of hydrogen-bond donors (Lipinski definition) is 0. The second-order valence-electron chi connectivity index (χ2n) is 4.99. The normalized spacial score (nSPS) is 16.5. The zero-order valence-electron chi connectivity index (χ0n) is 12.8. The molecule has 1 heterocycles. The van der Waals surface area contributed by atoms with Gasteiger partial charge in [0.25, 0.3) is 0 Å². The Hall–Kier alpha value is -1.26. The van der Waals surface area contributed by atoms with Crippen LogP contribution in [0.4, 0.5) is 0 Å². The van der Waals surface area contributed by atoms with Gasteiger partial charge in [0.2, 0.25) is 0 Å². The van der Waals surface area contributed by atoms with Crippen LogP contribution < -0.4 is 4.74 Å². The highest BCUT2D eigenvalue weighted by atomic mass is 35.5. The summed E-state index contributed by atoms with van der Waals surface area (Å²) >= 11 is 6.08. The zero-order chi connectivity index (χ0) is 15.1. The van der Waals surface area contributed by atoms with Gasteiger partial charge in [0.05, 0.1) is 12.3 Å². The van der Waals surface area contributed by atoms with Crippen LogP contribution in [0.2, 0.25) is 5.02 Å². The van der Waals surface area contributed by atoms with Crippen molar-refractivity contribution in [3.8, 4) is 5.75 Å². The van der Waals surface area contributed by atoms with Crippen LogP contribution in [0.25, 0.3) is 0 Å². The molecule has 0 spiro atoms. The topological polar surface area (TPSA) is 34.1 Å². The molecular weight excluding hydrogens is 288 g/mol. The van der Waals surface area contributed by atoms with Gasteiger partial charge >= 0.3 is 0 Å². The third-order valence-corrected chi connectivity index (χ3v) is 3.87. The summed E-state index contributed by atoms with van der Waals surface area (Å²) < 4.78 is 5.71. The Labute approximate surface area is 131 Å². The minimum atomic E-state index is 0.599. The van der Waals surface area contributed by atoms with Crippen LogP contribution >= 0.6 is 11.6 Å². The Kier molecular flexibility index (Phi) is 6.33. The van der Waals surface area contributed by atoms with Crippen molar-refractivity contribution in [2.45, 2.75) is 26.7 Å². The van der Waals surface area contributed by atoms with Gasteiger partial charge < -0.3 is 14.5 Å². The summed E-state index contributed by atoms with van der Waals surface area (Å²) in [5, 5.41) is 5.01. The lowest BCUT2D eigenvalue weighted by atomic mass is 10.1. The van der Waals surface area contributed by atoms with E-state index in [0.29, 0.717) is 18.2 Å². The van der Waals surface area contributed by atoms with E-state index < -0.39 is 0 Å². The second kappa shape index (κ2) is 8.25. The van der Waals surface area contributed by atoms with Gasteiger partial charge in [0.15, 0.2) is 0 Å². The molecule has 0 aromatic heterocycles. The fourth-order valence-corrected chi connectivity index (χ4v) is 2.51. The van der Waals surface area contributed by atoms with E-state index in [1.165, 1.54) is 0 Å². The Morgan fingerprint density at radius 3 is 2.90 bits per heavy atom. The predicted molar refractivity (Wildman–Crippen MR) is 86.5 cm³/mol. The van der Waals surface area contributed by atoms with Gasteiger partial charge in [-0.05, 0) is 44.1 Å². The SMILES string of the molecule is CCN(CC)CCO/N=C1\CCCOc2ccc(Cl)cc21. The van der Waals surface area contributed by atoms with E-state index in [2.05, 4.69) is 23.9 Å². The molecule has 0 saturated carbocycles. The van der Waals surface area contributed by atoms with Crippen molar-refractivity contribution < 1.29 is 9.57 Å². The number of benzene rings is 1. The Bertz CT molecular complexity index is 487. The molecule has 0 N–H and O–H groups in total. The standard InChI is InChI=1S/C16H23ClN2O2/c1-3-19(4-2)9-11-21-18-15-6-5-10-20-16-8-7-13(17)12-14(15)16/h7-8,12H,3-6,9-11H2,1-2H3/b18-15+. The highest BCUT2D eigenvalue weighted by molar-refractivity contribution is 6.31. The molecule has 0 fully saturated rings. The van der Waals surface area contributed by atoms with Gasteiger partial charge in [0, 0.05) is 17.1 Å². The first kappa shape index (κ1) is 16.1. The maximum absolute atomic E-state index is 6.08. The van der Waals surface area contributed by atoms with Gasteiger partial charge in [-0.2, -0.15) is 0 Å². The molecule has 21 heavy (non-hydrogen) atoms. The van der Waals surface area contributed by atoms with Gasteiger partial charge in [-0.15, -0.1) is 0 Å². The van der Waals surface area contributed by atoms with E-state index in [4.69, 9.17) is 21.2 Å². The van der Waals surface area contributed by atoms with Crippen molar-refractivity contribution in [2.24, 2.45) is 5.16 Å². The number of fused-ring (bicyclic) bond motifs is 1. The highest BCUT2D eigenvalue weighted by Crippen LogP contribution is 2.27. The summed E-state index contributed by atoms with van der Waals surface area (Å²) in [4.78, 5) is 7.81. The van der Waals surface area contributed by atoms with Gasteiger partial charge in [-0.1, -0.05) is 30.6 Å². The summed E-state index contributed by atoms with van der Waals surface area (Å²) in [6.07, 6.45) is 1.78. The minimum Gasteiger partial charge on any atom is -0.493 e. The summed E-state index contributed by atoms with van der Waals surface area (Å²) in [5.41, 5.74) is 1.87. The molecule has 0 saturated heterocycles. The molecule has 1 aliphatic heterocycles. The van der Waals surface area contributed by atoms with Crippen LogP contribution in [0.15, 0.2) is 23.4 Å². The molecule has 0 bridgehead atoms. The van der Waals surface area contributed by atoms with Crippen LogP contribution in [-0.4, -0.2) is 43.5 Å². The number of hydrogen-bond acceptors (Lipinski definition) is 4. The molecule has 0 atom stereocenters. The fourth-order valence-electron chi connectivity index (χ4n) is 2.34. The Balaban J connectivity index is 2.02. The number of ether oxygens (including phenoxy) is 1. The van der Waals surface area contributed by atoms with Crippen molar-refractivity contribution in [2.75, 3.05) is 32.8 Å². The average molecular weight is 311 g/mol. The molecule has 0 unspecified atom stereocenters. The number of nitrogens with zero attached hydrogens (tertiary/aromatic N) is 2. The molecule has 0 radical (unpaired) electrons. The third kappa shape index (κ3) is 4.61. The Morgan fingerprint density at radius 2 is 2.14 bits per heavy atom.